The molecule has 0 aliphatic carbocycles. The number of likely N-dealkylation sites (tertiary alicyclic amines) is 1. The second kappa shape index (κ2) is 9.65. The van der Waals surface area contributed by atoms with Gasteiger partial charge in [0.15, 0.2) is 5.69 Å². The lowest BCUT2D eigenvalue weighted by atomic mass is 10.00. The molecule has 34 heavy (non-hydrogen) atoms. The van der Waals surface area contributed by atoms with Crippen molar-refractivity contribution in [2.24, 2.45) is 0 Å². The Morgan fingerprint density at radius 1 is 1.00 bits per heavy atom. The molecule has 1 aromatic heterocycles. The van der Waals surface area contributed by atoms with Crippen molar-refractivity contribution in [3.63, 3.8) is 0 Å². The van der Waals surface area contributed by atoms with Gasteiger partial charge in [0.25, 0.3) is 0 Å². The van der Waals surface area contributed by atoms with Crippen LogP contribution in [0.2, 0.25) is 0 Å². The highest BCUT2D eigenvalue weighted by Crippen LogP contribution is 2.28. The molecular weight excluding hydrogens is 453 g/mol. The molecule has 0 spiro atoms. The van der Waals surface area contributed by atoms with E-state index < -0.39 is 36.2 Å². The molecule has 0 saturated carbocycles. The standard InChI is InChI=1S/C23H21F3N4O4/c24-23(25,26)19-10-27-11-20(29-19)28-17-12-30(13-18(31)21(17)32)22(33)34-16-8-6-15(7-9-16)14-4-2-1-3-5-14/h1-11,17-18,21,31-32H,12-13H2,(H,28,29)/t17-,18-,21+/m0/s1. The zero-order valence-electron chi connectivity index (χ0n) is 17.7. The summed E-state index contributed by atoms with van der Waals surface area (Å²) in [6.45, 7) is -0.356. The number of hydrogen-bond donors (Lipinski definition) is 3. The smallest absolute Gasteiger partial charge is 0.410 e. The molecule has 178 valence electrons. The number of nitrogens with one attached hydrogen (secondary N) is 1. The van der Waals surface area contributed by atoms with Gasteiger partial charge in [0.05, 0.1) is 31.1 Å². The summed E-state index contributed by atoms with van der Waals surface area (Å²) in [6, 6.07) is 15.5. The molecule has 0 unspecified atom stereocenters. The molecule has 1 amide bonds. The number of aliphatic hydroxyl groups is 2. The maximum absolute atomic E-state index is 12.9. The van der Waals surface area contributed by atoms with E-state index in [0.717, 1.165) is 22.2 Å². The normalized spacial score (nSPS) is 20.6. The fourth-order valence-electron chi connectivity index (χ4n) is 3.58. The number of piperidine rings is 1. The third kappa shape index (κ3) is 5.43. The van der Waals surface area contributed by atoms with Crippen LogP contribution in [0.1, 0.15) is 5.69 Å². The number of aliphatic hydroxyl groups excluding tert-OH is 2. The lowest BCUT2D eigenvalue weighted by Gasteiger charge is -2.39. The van der Waals surface area contributed by atoms with E-state index >= 15 is 0 Å². The van der Waals surface area contributed by atoms with E-state index in [9.17, 15) is 28.2 Å². The number of alkyl halides is 3. The Bertz CT molecular complexity index is 1130. The minimum absolute atomic E-state index is 0.142. The highest BCUT2D eigenvalue weighted by Gasteiger charge is 2.38. The van der Waals surface area contributed by atoms with Crippen LogP contribution in [0.5, 0.6) is 5.75 Å². The number of carbonyl (C=O) groups excluding carboxylic acids is 1. The minimum atomic E-state index is -4.69. The fourth-order valence-corrected chi connectivity index (χ4v) is 3.58. The highest BCUT2D eigenvalue weighted by molar-refractivity contribution is 5.72. The molecule has 1 saturated heterocycles. The Balaban J connectivity index is 1.42. The summed E-state index contributed by atoms with van der Waals surface area (Å²) in [5.74, 6) is 0.0244. The van der Waals surface area contributed by atoms with Gasteiger partial charge in [0.1, 0.15) is 17.7 Å². The van der Waals surface area contributed by atoms with Crippen LogP contribution in [-0.4, -0.2) is 62.5 Å². The van der Waals surface area contributed by atoms with Gasteiger partial charge in [-0.1, -0.05) is 42.5 Å². The molecule has 0 bridgehead atoms. The van der Waals surface area contributed by atoms with Gasteiger partial charge < -0.3 is 25.2 Å². The number of amides is 1. The van der Waals surface area contributed by atoms with Crippen LogP contribution in [0.25, 0.3) is 11.1 Å². The van der Waals surface area contributed by atoms with Gasteiger partial charge in [-0.25, -0.2) is 9.78 Å². The number of aromatic nitrogens is 2. The van der Waals surface area contributed by atoms with Crippen molar-refractivity contribution < 1.29 is 32.9 Å². The van der Waals surface area contributed by atoms with Gasteiger partial charge in [-0.05, 0) is 23.3 Å². The molecule has 4 rings (SSSR count). The number of nitrogens with zero attached hydrogens (tertiary/aromatic N) is 3. The monoisotopic (exact) mass is 474 g/mol. The molecular formula is C23H21F3N4O4. The zero-order valence-corrected chi connectivity index (χ0v) is 17.7. The minimum Gasteiger partial charge on any atom is -0.410 e. The van der Waals surface area contributed by atoms with Crippen molar-refractivity contribution in [1.82, 2.24) is 14.9 Å². The Morgan fingerprint density at radius 3 is 2.35 bits per heavy atom. The molecule has 11 heteroatoms. The van der Waals surface area contributed by atoms with Crippen LogP contribution < -0.4 is 10.1 Å². The number of carbonyl (C=O) groups is 1. The van der Waals surface area contributed by atoms with Crippen molar-refractivity contribution in [3.05, 3.63) is 72.7 Å². The van der Waals surface area contributed by atoms with Gasteiger partial charge in [0.2, 0.25) is 0 Å². The van der Waals surface area contributed by atoms with Crippen molar-refractivity contribution in [3.8, 4) is 16.9 Å². The Morgan fingerprint density at radius 2 is 1.68 bits per heavy atom. The molecule has 3 atom stereocenters. The van der Waals surface area contributed by atoms with E-state index in [1.165, 1.54) is 0 Å². The van der Waals surface area contributed by atoms with Crippen LogP contribution in [0, 0.1) is 0 Å². The number of benzene rings is 2. The Hall–Kier alpha value is -3.70. The van der Waals surface area contributed by atoms with Gasteiger partial charge in [-0.3, -0.25) is 4.98 Å². The summed E-state index contributed by atoms with van der Waals surface area (Å²) in [5.41, 5.74) is 0.724. The number of anilines is 1. The molecule has 1 fully saturated rings. The Kier molecular flexibility index (Phi) is 6.66. The first-order valence-electron chi connectivity index (χ1n) is 10.3. The van der Waals surface area contributed by atoms with E-state index in [-0.39, 0.29) is 24.7 Å². The summed E-state index contributed by atoms with van der Waals surface area (Å²) in [4.78, 5) is 20.8. The number of ether oxygens (including phenoxy) is 1. The molecule has 2 heterocycles. The van der Waals surface area contributed by atoms with Crippen LogP contribution in [0.3, 0.4) is 0 Å². The van der Waals surface area contributed by atoms with Crippen molar-refractivity contribution in [2.45, 2.75) is 24.4 Å². The number of hydrogen-bond acceptors (Lipinski definition) is 7. The van der Waals surface area contributed by atoms with Gasteiger partial charge in [-0.15, -0.1) is 0 Å². The van der Waals surface area contributed by atoms with E-state index in [4.69, 9.17) is 4.74 Å². The average molecular weight is 474 g/mol. The maximum atomic E-state index is 12.9. The van der Waals surface area contributed by atoms with E-state index in [1.807, 2.05) is 30.3 Å². The predicted octanol–water partition coefficient (Wildman–Crippen LogP) is 3.18. The molecule has 2 aromatic carbocycles. The van der Waals surface area contributed by atoms with E-state index in [1.54, 1.807) is 24.3 Å². The topological polar surface area (TPSA) is 108 Å². The van der Waals surface area contributed by atoms with Crippen LogP contribution in [0.15, 0.2) is 67.0 Å². The average Bonchev–Trinajstić information content (AvgIpc) is 2.82. The van der Waals surface area contributed by atoms with Crippen LogP contribution >= 0.6 is 0 Å². The SMILES string of the molecule is O=C(Oc1ccc(-c2ccccc2)cc1)N1C[C@H](Nc2cncc(C(F)(F)F)n2)[C@@H](O)[C@@H](O)C1. The summed E-state index contributed by atoms with van der Waals surface area (Å²) in [7, 11) is 0. The lowest BCUT2D eigenvalue weighted by molar-refractivity contribution is -0.141. The number of halogens is 3. The first kappa shape index (κ1) is 23.5. The zero-order chi connectivity index (χ0) is 24.3. The third-order valence-corrected chi connectivity index (χ3v) is 5.31. The quantitative estimate of drug-likeness (QED) is 0.533. The summed E-state index contributed by atoms with van der Waals surface area (Å²) < 4.78 is 44.1. The predicted molar refractivity (Wildman–Crippen MR) is 116 cm³/mol. The maximum Gasteiger partial charge on any atom is 0.434 e. The first-order valence-corrected chi connectivity index (χ1v) is 10.3. The summed E-state index contributed by atoms with van der Waals surface area (Å²) in [6.07, 6.45) is -6.55. The van der Waals surface area contributed by atoms with Crippen molar-refractivity contribution >= 4 is 11.9 Å². The first-order chi connectivity index (χ1) is 16.2. The lowest BCUT2D eigenvalue weighted by Crippen LogP contribution is -2.59. The summed E-state index contributed by atoms with van der Waals surface area (Å²) in [5, 5.41) is 23.1. The highest BCUT2D eigenvalue weighted by atomic mass is 19.4. The molecule has 1 aliphatic rings. The van der Waals surface area contributed by atoms with Crippen molar-refractivity contribution in [1.29, 1.82) is 0 Å². The van der Waals surface area contributed by atoms with Crippen LogP contribution in [0.4, 0.5) is 23.8 Å². The van der Waals surface area contributed by atoms with Gasteiger partial charge in [-0.2, -0.15) is 13.2 Å². The Labute approximate surface area is 192 Å². The molecule has 8 nitrogen and oxygen atoms in total. The fraction of sp³-hybridized carbons (Fsp3) is 0.261. The van der Waals surface area contributed by atoms with Gasteiger partial charge in [0, 0.05) is 6.54 Å². The molecule has 3 N–H and O–H groups in total. The summed E-state index contributed by atoms with van der Waals surface area (Å²) >= 11 is 0. The molecule has 1 aliphatic heterocycles. The van der Waals surface area contributed by atoms with Crippen molar-refractivity contribution in [2.75, 3.05) is 18.4 Å². The second-order valence-electron chi connectivity index (χ2n) is 7.76. The van der Waals surface area contributed by atoms with E-state index in [2.05, 4.69) is 15.3 Å². The molecule has 3 aromatic rings. The largest absolute Gasteiger partial charge is 0.434 e. The number of β-amino-alcohol motifs (C(OH)–C–C–N with tert-alkyl or cyclic N) is 1. The van der Waals surface area contributed by atoms with Crippen LogP contribution in [-0.2, 0) is 6.18 Å². The van der Waals surface area contributed by atoms with Gasteiger partial charge >= 0.3 is 12.3 Å². The third-order valence-electron chi connectivity index (χ3n) is 5.31. The number of rotatable bonds is 4. The second-order valence-corrected chi connectivity index (χ2v) is 7.76. The van der Waals surface area contributed by atoms with E-state index in [0.29, 0.717) is 6.20 Å². The molecule has 0 radical (unpaired) electrons.